The maximum absolute atomic E-state index is 13.2. The van der Waals surface area contributed by atoms with Gasteiger partial charge in [0.2, 0.25) is 0 Å². The highest BCUT2D eigenvalue weighted by atomic mass is 79.9. The topological polar surface area (TPSA) is 3.24 Å². The van der Waals surface area contributed by atoms with Crippen LogP contribution < -0.4 is 0 Å². The third kappa shape index (κ3) is 2.79. The van der Waals surface area contributed by atoms with Gasteiger partial charge >= 0.3 is 0 Å². The van der Waals surface area contributed by atoms with Crippen molar-refractivity contribution in [2.75, 3.05) is 6.54 Å². The van der Waals surface area contributed by atoms with Crippen LogP contribution in [0.15, 0.2) is 22.7 Å². The molecule has 82 valence electrons. The Balaban J connectivity index is 2.10. The number of nitrogens with zero attached hydrogens (tertiary/aromatic N) is 1. The Bertz CT molecular complexity index is 333. The molecule has 1 fully saturated rings. The van der Waals surface area contributed by atoms with Crippen molar-refractivity contribution in [1.82, 2.24) is 4.90 Å². The minimum absolute atomic E-state index is 0.161. The molecule has 2 rings (SSSR count). The highest BCUT2D eigenvalue weighted by molar-refractivity contribution is 9.10. The molecular weight excluding hydrogens is 257 g/mol. The Labute approximate surface area is 98.4 Å². The van der Waals surface area contributed by atoms with Gasteiger partial charge in [-0.15, -0.1) is 0 Å². The van der Waals surface area contributed by atoms with E-state index in [-0.39, 0.29) is 5.82 Å². The third-order valence-corrected chi connectivity index (χ3v) is 3.46. The summed E-state index contributed by atoms with van der Waals surface area (Å²) in [5, 5.41) is 0. The number of likely N-dealkylation sites (tertiary alicyclic amines) is 1. The average molecular weight is 272 g/mol. The number of hydrogen-bond donors (Lipinski definition) is 0. The second-order valence-electron chi connectivity index (χ2n) is 4.24. The predicted molar refractivity (Wildman–Crippen MR) is 63.2 cm³/mol. The molecule has 1 nitrogen and oxygen atoms in total. The maximum atomic E-state index is 13.2. The molecule has 1 aromatic carbocycles. The van der Waals surface area contributed by atoms with E-state index in [1.807, 2.05) is 6.07 Å². The van der Waals surface area contributed by atoms with E-state index in [2.05, 4.69) is 27.8 Å². The Morgan fingerprint density at radius 2 is 2.27 bits per heavy atom. The molecule has 0 saturated carbocycles. The van der Waals surface area contributed by atoms with Crippen LogP contribution in [-0.4, -0.2) is 17.5 Å². The largest absolute Gasteiger partial charge is 0.296 e. The zero-order valence-corrected chi connectivity index (χ0v) is 10.4. The standard InChI is InChI=1S/C12H15BrFN/c1-9-3-2-4-15(9)8-10-5-11(13)7-12(14)6-10/h5-7,9H,2-4,8H2,1H3/t9-/m0/s1. The van der Waals surface area contributed by atoms with Gasteiger partial charge in [0.25, 0.3) is 0 Å². The quantitative estimate of drug-likeness (QED) is 0.795. The fourth-order valence-electron chi connectivity index (χ4n) is 2.16. The molecule has 1 aliphatic rings. The van der Waals surface area contributed by atoms with E-state index in [1.54, 1.807) is 6.07 Å². The van der Waals surface area contributed by atoms with Gasteiger partial charge in [-0.2, -0.15) is 0 Å². The molecule has 1 heterocycles. The molecule has 0 aromatic heterocycles. The predicted octanol–water partition coefficient (Wildman–Crippen LogP) is 3.57. The molecule has 1 atom stereocenters. The normalized spacial score (nSPS) is 22.2. The van der Waals surface area contributed by atoms with Crippen LogP contribution in [0.4, 0.5) is 4.39 Å². The fraction of sp³-hybridized carbons (Fsp3) is 0.500. The van der Waals surface area contributed by atoms with Gasteiger partial charge in [-0.3, -0.25) is 4.90 Å². The third-order valence-electron chi connectivity index (χ3n) is 3.00. The minimum Gasteiger partial charge on any atom is -0.296 e. The van der Waals surface area contributed by atoms with Gasteiger partial charge in [-0.25, -0.2) is 4.39 Å². The lowest BCUT2D eigenvalue weighted by Crippen LogP contribution is -2.26. The highest BCUT2D eigenvalue weighted by Gasteiger charge is 2.20. The summed E-state index contributed by atoms with van der Waals surface area (Å²) in [7, 11) is 0. The molecule has 3 heteroatoms. The van der Waals surface area contributed by atoms with E-state index in [0.29, 0.717) is 6.04 Å². The Morgan fingerprint density at radius 3 is 2.87 bits per heavy atom. The van der Waals surface area contributed by atoms with Gasteiger partial charge in [-0.1, -0.05) is 15.9 Å². The fourth-order valence-corrected chi connectivity index (χ4v) is 2.68. The van der Waals surface area contributed by atoms with Crippen LogP contribution in [0.25, 0.3) is 0 Å². The van der Waals surface area contributed by atoms with E-state index in [0.717, 1.165) is 23.1 Å². The van der Waals surface area contributed by atoms with Gasteiger partial charge in [0.15, 0.2) is 0 Å². The highest BCUT2D eigenvalue weighted by Crippen LogP contribution is 2.21. The molecule has 0 aliphatic carbocycles. The van der Waals surface area contributed by atoms with Crippen molar-refractivity contribution >= 4 is 15.9 Å². The molecular formula is C12H15BrFN. The van der Waals surface area contributed by atoms with Gasteiger partial charge in [0, 0.05) is 17.1 Å². The van der Waals surface area contributed by atoms with Crippen LogP contribution in [0, 0.1) is 5.82 Å². The summed E-state index contributed by atoms with van der Waals surface area (Å²) in [5.74, 6) is -0.161. The lowest BCUT2D eigenvalue weighted by molar-refractivity contribution is 0.260. The zero-order chi connectivity index (χ0) is 10.8. The zero-order valence-electron chi connectivity index (χ0n) is 8.84. The van der Waals surface area contributed by atoms with E-state index < -0.39 is 0 Å². The first kappa shape index (κ1) is 11.1. The van der Waals surface area contributed by atoms with Gasteiger partial charge in [0.05, 0.1) is 0 Å². The molecule has 0 amide bonds. The van der Waals surface area contributed by atoms with E-state index in [9.17, 15) is 4.39 Å². The molecule has 0 N–H and O–H groups in total. The van der Waals surface area contributed by atoms with E-state index in [4.69, 9.17) is 0 Å². The smallest absolute Gasteiger partial charge is 0.124 e. The average Bonchev–Trinajstić information content (AvgIpc) is 2.50. The summed E-state index contributed by atoms with van der Waals surface area (Å²) in [6, 6.07) is 5.74. The molecule has 15 heavy (non-hydrogen) atoms. The van der Waals surface area contributed by atoms with Crippen molar-refractivity contribution in [2.45, 2.75) is 32.4 Å². The summed E-state index contributed by atoms with van der Waals surface area (Å²) in [6.45, 7) is 4.23. The second kappa shape index (κ2) is 4.62. The summed E-state index contributed by atoms with van der Waals surface area (Å²) in [4.78, 5) is 2.40. The van der Waals surface area contributed by atoms with Crippen molar-refractivity contribution in [3.8, 4) is 0 Å². The van der Waals surface area contributed by atoms with Crippen molar-refractivity contribution < 1.29 is 4.39 Å². The van der Waals surface area contributed by atoms with Crippen molar-refractivity contribution in [3.05, 3.63) is 34.1 Å². The molecule has 0 spiro atoms. The van der Waals surface area contributed by atoms with E-state index >= 15 is 0 Å². The number of halogens is 2. The second-order valence-corrected chi connectivity index (χ2v) is 5.16. The molecule has 0 radical (unpaired) electrons. The summed E-state index contributed by atoms with van der Waals surface area (Å²) in [5.41, 5.74) is 1.05. The van der Waals surface area contributed by atoms with Gasteiger partial charge in [0.1, 0.15) is 5.82 Å². The SMILES string of the molecule is C[C@H]1CCCN1Cc1cc(F)cc(Br)c1. The van der Waals surface area contributed by atoms with Crippen molar-refractivity contribution in [1.29, 1.82) is 0 Å². The van der Waals surface area contributed by atoms with Crippen LogP contribution in [0.1, 0.15) is 25.3 Å². The molecule has 1 aliphatic heterocycles. The maximum Gasteiger partial charge on any atom is 0.124 e. The lowest BCUT2D eigenvalue weighted by Gasteiger charge is -2.20. The Kier molecular flexibility index (Phi) is 3.42. The number of benzene rings is 1. The molecule has 1 saturated heterocycles. The van der Waals surface area contributed by atoms with E-state index in [1.165, 1.54) is 18.9 Å². The van der Waals surface area contributed by atoms with Gasteiger partial charge < -0.3 is 0 Å². The molecule has 1 aromatic rings. The summed E-state index contributed by atoms with van der Waals surface area (Å²) < 4.78 is 14.0. The first-order valence-corrected chi connectivity index (χ1v) is 6.13. The van der Waals surface area contributed by atoms with Gasteiger partial charge in [-0.05, 0) is 50.1 Å². The Hall–Kier alpha value is -0.410. The summed E-state index contributed by atoms with van der Waals surface area (Å²) >= 11 is 3.32. The number of hydrogen-bond acceptors (Lipinski definition) is 1. The van der Waals surface area contributed by atoms with Crippen LogP contribution in [-0.2, 0) is 6.54 Å². The minimum atomic E-state index is -0.161. The molecule has 0 unspecified atom stereocenters. The number of rotatable bonds is 2. The van der Waals surface area contributed by atoms with Crippen LogP contribution in [0.3, 0.4) is 0 Å². The lowest BCUT2D eigenvalue weighted by atomic mass is 10.2. The van der Waals surface area contributed by atoms with Crippen LogP contribution in [0.5, 0.6) is 0 Å². The Morgan fingerprint density at radius 1 is 1.47 bits per heavy atom. The van der Waals surface area contributed by atoms with Crippen LogP contribution >= 0.6 is 15.9 Å². The van der Waals surface area contributed by atoms with Crippen LogP contribution in [0.2, 0.25) is 0 Å². The van der Waals surface area contributed by atoms with Crippen molar-refractivity contribution in [3.63, 3.8) is 0 Å². The molecule has 0 bridgehead atoms. The van der Waals surface area contributed by atoms with Crippen molar-refractivity contribution in [2.24, 2.45) is 0 Å². The first-order valence-electron chi connectivity index (χ1n) is 5.34. The first-order chi connectivity index (χ1) is 7.15. The summed E-state index contributed by atoms with van der Waals surface area (Å²) in [6.07, 6.45) is 2.52. The monoisotopic (exact) mass is 271 g/mol.